The summed E-state index contributed by atoms with van der Waals surface area (Å²) >= 11 is 0. The van der Waals surface area contributed by atoms with Gasteiger partial charge in [0.25, 0.3) is 0 Å². The Labute approximate surface area is 168 Å². The molecule has 157 valence electrons. The minimum absolute atomic E-state index is 0.831. The number of hydrogen-bond acceptors (Lipinski definition) is 0. The molecule has 0 aromatic carbocycles. The predicted molar refractivity (Wildman–Crippen MR) is 122 cm³/mol. The molecular weight excluding hydrogens is 312 g/mol. The zero-order chi connectivity index (χ0) is 19.3. The fourth-order valence-corrected chi connectivity index (χ4v) is 4.16. The lowest BCUT2D eigenvalue weighted by Gasteiger charge is -2.21. The lowest BCUT2D eigenvalue weighted by Crippen LogP contribution is -2.09. The fourth-order valence-electron chi connectivity index (χ4n) is 4.16. The van der Waals surface area contributed by atoms with Gasteiger partial charge in [-0.15, -0.1) is 0 Å². The van der Waals surface area contributed by atoms with Crippen molar-refractivity contribution in [3.63, 3.8) is 0 Å². The van der Waals surface area contributed by atoms with Crippen molar-refractivity contribution in [3.05, 3.63) is 6.42 Å². The predicted octanol–water partition coefficient (Wildman–Crippen LogP) is 9.91. The molecule has 0 nitrogen and oxygen atoms in total. The van der Waals surface area contributed by atoms with Crippen LogP contribution in [-0.2, 0) is 0 Å². The van der Waals surface area contributed by atoms with Crippen LogP contribution in [0.4, 0.5) is 0 Å². The van der Waals surface area contributed by atoms with Crippen LogP contribution in [0.3, 0.4) is 0 Å². The normalized spacial score (nSPS) is 13.8. The molecule has 0 bridgehead atoms. The summed E-state index contributed by atoms with van der Waals surface area (Å²) < 4.78 is 0. The molecule has 0 saturated carbocycles. The van der Waals surface area contributed by atoms with E-state index in [0.717, 1.165) is 11.8 Å². The highest BCUT2D eigenvalue weighted by molar-refractivity contribution is 4.81. The van der Waals surface area contributed by atoms with E-state index in [-0.39, 0.29) is 0 Å². The molecule has 26 heavy (non-hydrogen) atoms. The first-order valence-electron chi connectivity index (χ1n) is 12.6. The topological polar surface area (TPSA) is 0 Å². The van der Waals surface area contributed by atoms with Gasteiger partial charge in [0.05, 0.1) is 0 Å². The quantitative estimate of drug-likeness (QED) is 0.177. The average Bonchev–Trinajstić information content (AvgIpc) is 2.64. The number of unbranched alkanes of at least 4 members (excludes halogenated alkanes) is 13. The second kappa shape index (κ2) is 21.3. The Balaban J connectivity index is 3.91. The molecule has 0 saturated heterocycles. The van der Waals surface area contributed by atoms with E-state index in [0.29, 0.717) is 0 Å². The second-order valence-electron chi connectivity index (χ2n) is 8.89. The van der Waals surface area contributed by atoms with Crippen molar-refractivity contribution in [2.24, 2.45) is 11.8 Å². The standard InChI is InChI=1S/C26H53/c1-5-8-11-14-16-18-21-25(4)24-26(22-19-13-10-7-3)23-20-17-15-12-9-6-2/h24-26H,5-23H2,1-4H3. The molecule has 2 unspecified atom stereocenters. The first-order valence-corrected chi connectivity index (χ1v) is 12.6. The van der Waals surface area contributed by atoms with E-state index < -0.39 is 0 Å². The van der Waals surface area contributed by atoms with E-state index in [1.165, 1.54) is 122 Å². The van der Waals surface area contributed by atoms with E-state index in [2.05, 4.69) is 34.1 Å². The van der Waals surface area contributed by atoms with Crippen LogP contribution in [0.25, 0.3) is 0 Å². The Hall–Kier alpha value is 0. The molecule has 0 aromatic heterocycles. The fraction of sp³-hybridized carbons (Fsp3) is 0.962. The van der Waals surface area contributed by atoms with Gasteiger partial charge in [-0.2, -0.15) is 0 Å². The molecule has 0 spiro atoms. The maximum absolute atomic E-state index is 2.75. The van der Waals surface area contributed by atoms with Gasteiger partial charge in [0.1, 0.15) is 0 Å². The van der Waals surface area contributed by atoms with Crippen LogP contribution in [0.1, 0.15) is 150 Å². The zero-order valence-electron chi connectivity index (χ0n) is 19.2. The third-order valence-electron chi connectivity index (χ3n) is 5.97. The van der Waals surface area contributed by atoms with E-state index in [9.17, 15) is 0 Å². The Morgan fingerprint density at radius 2 is 0.808 bits per heavy atom. The molecule has 0 aliphatic carbocycles. The molecule has 0 aliphatic heterocycles. The largest absolute Gasteiger partial charge is 0.0654 e. The van der Waals surface area contributed by atoms with Gasteiger partial charge in [0.2, 0.25) is 0 Å². The van der Waals surface area contributed by atoms with Crippen LogP contribution >= 0.6 is 0 Å². The zero-order valence-corrected chi connectivity index (χ0v) is 19.2. The highest BCUT2D eigenvalue weighted by atomic mass is 14.2. The van der Waals surface area contributed by atoms with Crippen LogP contribution in [0.15, 0.2) is 0 Å². The summed E-state index contributed by atoms with van der Waals surface area (Å²) in [6.07, 6.45) is 30.0. The van der Waals surface area contributed by atoms with E-state index >= 15 is 0 Å². The van der Waals surface area contributed by atoms with Crippen molar-refractivity contribution in [1.29, 1.82) is 0 Å². The van der Waals surface area contributed by atoms with Gasteiger partial charge in [0.15, 0.2) is 0 Å². The molecule has 0 rings (SSSR count). The highest BCUT2D eigenvalue weighted by Crippen LogP contribution is 2.26. The van der Waals surface area contributed by atoms with Gasteiger partial charge in [-0.05, 0) is 18.3 Å². The van der Waals surface area contributed by atoms with E-state index in [4.69, 9.17) is 0 Å². The first kappa shape index (κ1) is 26.0. The van der Waals surface area contributed by atoms with Gasteiger partial charge in [-0.3, -0.25) is 0 Å². The van der Waals surface area contributed by atoms with Crippen LogP contribution in [0.2, 0.25) is 0 Å². The minimum atomic E-state index is 0.831. The third-order valence-corrected chi connectivity index (χ3v) is 5.97. The molecule has 1 radical (unpaired) electrons. The van der Waals surface area contributed by atoms with Gasteiger partial charge < -0.3 is 0 Å². The summed E-state index contributed by atoms with van der Waals surface area (Å²) in [5.74, 6) is 1.73. The molecule has 2 atom stereocenters. The van der Waals surface area contributed by atoms with Gasteiger partial charge in [0, 0.05) is 0 Å². The van der Waals surface area contributed by atoms with Crippen molar-refractivity contribution in [3.8, 4) is 0 Å². The number of rotatable bonds is 21. The van der Waals surface area contributed by atoms with Gasteiger partial charge in [-0.25, -0.2) is 0 Å². The van der Waals surface area contributed by atoms with E-state index in [1.54, 1.807) is 0 Å². The molecule has 0 N–H and O–H groups in total. The van der Waals surface area contributed by atoms with Crippen LogP contribution in [-0.4, -0.2) is 0 Å². The van der Waals surface area contributed by atoms with Crippen molar-refractivity contribution < 1.29 is 0 Å². The monoisotopic (exact) mass is 365 g/mol. The summed E-state index contributed by atoms with van der Waals surface area (Å²) in [7, 11) is 0. The summed E-state index contributed by atoms with van der Waals surface area (Å²) in [5, 5.41) is 0. The second-order valence-corrected chi connectivity index (χ2v) is 8.89. The van der Waals surface area contributed by atoms with Crippen LogP contribution in [0, 0.1) is 18.3 Å². The lowest BCUT2D eigenvalue weighted by molar-refractivity contribution is 0.397. The van der Waals surface area contributed by atoms with Crippen molar-refractivity contribution in [1.82, 2.24) is 0 Å². The maximum Gasteiger partial charge on any atom is -0.0326 e. The smallest absolute Gasteiger partial charge is 0.0326 e. The van der Waals surface area contributed by atoms with Crippen molar-refractivity contribution in [2.75, 3.05) is 0 Å². The number of hydrogen-bond donors (Lipinski definition) is 0. The molecule has 0 heterocycles. The lowest BCUT2D eigenvalue weighted by atomic mass is 9.85. The summed E-state index contributed by atoms with van der Waals surface area (Å²) in [4.78, 5) is 0. The summed E-state index contributed by atoms with van der Waals surface area (Å²) in [6.45, 7) is 9.42. The van der Waals surface area contributed by atoms with Crippen LogP contribution < -0.4 is 0 Å². The molecule has 0 amide bonds. The average molecular weight is 366 g/mol. The maximum atomic E-state index is 2.75. The summed E-state index contributed by atoms with van der Waals surface area (Å²) in [6, 6.07) is 0. The Morgan fingerprint density at radius 1 is 0.462 bits per heavy atom. The Morgan fingerprint density at radius 3 is 1.27 bits per heavy atom. The Bertz CT molecular complexity index is 244. The molecular formula is C26H53. The third kappa shape index (κ3) is 18.8. The molecule has 0 aromatic rings. The summed E-state index contributed by atoms with van der Waals surface area (Å²) in [5.41, 5.74) is 0. The highest BCUT2D eigenvalue weighted by Gasteiger charge is 2.13. The van der Waals surface area contributed by atoms with Gasteiger partial charge >= 0.3 is 0 Å². The first-order chi connectivity index (χ1) is 12.7. The van der Waals surface area contributed by atoms with Crippen molar-refractivity contribution in [2.45, 2.75) is 150 Å². The Kier molecular flexibility index (Phi) is 21.3. The molecule has 0 heteroatoms. The SMILES string of the molecule is CCCCCCCCC(C)[CH]C(CCCCCC)CCCCCCCC. The van der Waals surface area contributed by atoms with Crippen LogP contribution in [0.5, 0.6) is 0 Å². The van der Waals surface area contributed by atoms with Crippen molar-refractivity contribution >= 4 is 0 Å². The van der Waals surface area contributed by atoms with E-state index in [1.807, 2.05) is 0 Å². The molecule has 0 aliphatic rings. The van der Waals surface area contributed by atoms with Gasteiger partial charge in [-0.1, -0.05) is 150 Å². The molecule has 0 fully saturated rings. The minimum Gasteiger partial charge on any atom is -0.0654 e.